The summed E-state index contributed by atoms with van der Waals surface area (Å²) < 4.78 is 46.1. The highest BCUT2D eigenvalue weighted by atomic mass is 19.4. The summed E-state index contributed by atoms with van der Waals surface area (Å²) in [5, 5.41) is 0. The Labute approximate surface area is 164 Å². The fraction of sp³-hybridized carbons (Fsp3) is 0.524. The molecule has 0 radical (unpaired) electrons. The number of hydrogen-bond acceptors (Lipinski definition) is 4. The van der Waals surface area contributed by atoms with Crippen LogP contribution in [0.5, 0.6) is 6.01 Å². The van der Waals surface area contributed by atoms with Gasteiger partial charge in [0.15, 0.2) is 5.82 Å². The predicted molar refractivity (Wildman–Crippen MR) is 105 cm³/mol. The van der Waals surface area contributed by atoms with Gasteiger partial charge in [-0.3, -0.25) is 0 Å². The molecule has 2 aromatic rings. The molecular weight excluding hydrogens is 367 g/mol. The van der Waals surface area contributed by atoms with Crippen LogP contribution in [-0.4, -0.2) is 23.6 Å². The molecule has 0 aliphatic carbocycles. The number of benzene rings is 1. The first-order valence-electron chi connectivity index (χ1n) is 9.45. The van der Waals surface area contributed by atoms with Gasteiger partial charge in [-0.1, -0.05) is 52.7 Å². The van der Waals surface area contributed by atoms with E-state index in [1.807, 2.05) is 18.2 Å². The summed E-state index contributed by atoms with van der Waals surface area (Å²) in [6.07, 6.45) is -0.963. The lowest BCUT2D eigenvalue weighted by Gasteiger charge is -2.25. The van der Waals surface area contributed by atoms with Crippen LogP contribution < -0.4 is 9.64 Å². The molecule has 0 N–H and O–H groups in total. The molecule has 7 heteroatoms. The van der Waals surface area contributed by atoms with Crippen molar-refractivity contribution in [1.82, 2.24) is 9.97 Å². The number of hydrogen-bond donors (Lipinski definition) is 0. The first-order valence-corrected chi connectivity index (χ1v) is 9.45. The Morgan fingerprint density at radius 2 is 1.82 bits per heavy atom. The largest absolute Gasteiger partial charge is 0.463 e. The Balaban J connectivity index is 2.40. The summed E-state index contributed by atoms with van der Waals surface area (Å²) in [5.74, 6) is -0.223. The lowest BCUT2D eigenvalue weighted by molar-refractivity contribution is -0.137. The van der Waals surface area contributed by atoms with Crippen LogP contribution in [0.1, 0.15) is 58.1 Å². The van der Waals surface area contributed by atoms with E-state index in [1.54, 1.807) is 13.1 Å². The van der Waals surface area contributed by atoms with Crippen molar-refractivity contribution in [2.24, 2.45) is 0 Å². The highest BCUT2D eigenvalue weighted by molar-refractivity contribution is 5.63. The maximum atomic E-state index is 13.5. The molecular formula is C21H28F3N3O. The molecule has 0 amide bonds. The average molecular weight is 395 g/mol. The van der Waals surface area contributed by atoms with E-state index < -0.39 is 11.7 Å². The zero-order valence-corrected chi connectivity index (χ0v) is 17.1. The predicted octanol–water partition coefficient (Wildman–Crippen LogP) is 6.13. The van der Waals surface area contributed by atoms with Gasteiger partial charge in [0.05, 0.1) is 6.61 Å². The third-order valence-electron chi connectivity index (χ3n) is 4.45. The molecule has 0 aliphatic heterocycles. The number of anilines is 2. The molecule has 0 spiro atoms. The highest BCUT2D eigenvalue weighted by Crippen LogP contribution is 2.38. The zero-order valence-electron chi connectivity index (χ0n) is 17.1. The van der Waals surface area contributed by atoms with Gasteiger partial charge >= 0.3 is 12.2 Å². The van der Waals surface area contributed by atoms with Gasteiger partial charge in [-0.2, -0.15) is 18.2 Å². The van der Waals surface area contributed by atoms with Gasteiger partial charge < -0.3 is 9.64 Å². The quantitative estimate of drug-likeness (QED) is 0.529. The third kappa shape index (κ3) is 5.59. The number of halogens is 3. The minimum absolute atomic E-state index is 0.0436. The molecule has 154 valence electrons. The van der Waals surface area contributed by atoms with E-state index in [0.29, 0.717) is 12.3 Å². The van der Waals surface area contributed by atoms with E-state index in [9.17, 15) is 13.2 Å². The number of ether oxygens (including phenoxy) is 1. The van der Waals surface area contributed by atoms with Crippen molar-refractivity contribution in [3.8, 4) is 6.01 Å². The van der Waals surface area contributed by atoms with E-state index in [-0.39, 0.29) is 17.2 Å². The summed E-state index contributed by atoms with van der Waals surface area (Å²) in [4.78, 5) is 9.26. The second-order valence-electron chi connectivity index (χ2n) is 7.80. The SMILES string of the molecule is CCCCCOc1ncc(C(F)(F)F)c(N(C)c2cccc(C(C)(C)C)c2)n1. The van der Waals surface area contributed by atoms with Crippen LogP contribution in [0.4, 0.5) is 24.7 Å². The van der Waals surface area contributed by atoms with Crippen LogP contribution in [0.25, 0.3) is 0 Å². The minimum atomic E-state index is -4.56. The maximum Gasteiger partial charge on any atom is 0.421 e. The summed E-state index contributed by atoms with van der Waals surface area (Å²) in [7, 11) is 1.57. The summed E-state index contributed by atoms with van der Waals surface area (Å²) in [6.45, 7) is 8.61. The number of nitrogens with zero attached hydrogens (tertiary/aromatic N) is 3. The van der Waals surface area contributed by atoms with Crippen molar-refractivity contribution >= 4 is 11.5 Å². The first kappa shape index (κ1) is 22.0. The minimum Gasteiger partial charge on any atom is -0.463 e. The lowest BCUT2D eigenvalue weighted by atomic mass is 9.87. The molecule has 2 rings (SSSR count). The molecule has 0 saturated carbocycles. The van der Waals surface area contributed by atoms with Gasteiger partial charge in [0.25, 0.3) is 0 Å². The number of alkyl halides is 3. The van der Waals surface area contributed by atoms with Crippen molar-refractivity contribution < 1.29 is 17.9 Å². The molecule has 0 aliphatic rings. The van der Waals surface area contributed by atoms with E-state index in [1.165, 1.54) is 4.90 Å². The smallest absolute Gasteiger partial charge is 0.421 e. The van der Waals surface area contributed by atoms with Gasteiger partial charge in [0, 0.05) is 18.9 Å². The molecule has 28 heavy (non-hydrogen) atoms. The van der Waals surface area contributed by atoms with E-state index in [0.717, 1.165) is 31.0 Å². The van der Waals surface area contributed by atoms with Crippen molar-refractivity contribution in [2.45, 2.75) is 58.5 Å². The fourth-order valence-corrected chi connectivity index (χ4v) is 2.70. The molecule has 4 nitrogen and oxygen atoms in total. The highest BCUT2D eigenvalue weighted by Gasteiger charge is 2.37. The van der Waals surface area contributed by atoms with Gasteiger partial charge in [0.1, 0.15) is 5.56 Å². The Morgan fingerprint density at radius 3 is 2.43 bits per heavy atom. The second-order valence-corrected chi connectivity index (χ2v) is 7.80. The van der Waals surface area contributed by atoms with E-state index in [4.69, 9.17) is 4.74 Å². The molecule has 0 atom stereocenters. The standard InChI is InChI=1S/C21H28F3N3O/c1-6-7-8-12-28-19-25-14-17(21(22,23)24)18(26-19)27(5)16-11-9-10-15(13-16)20(2,3)4/h9-11,13-14H,6-8,12H2,1-5H3. The Hall–Kier alpha value is -2.31. The maximum absolute atomic E-state index is 13.5. The molecule has 1 aromatic heterocycles. The second kappa shape index (κ2) is 8.80. The zero-order chi connectivity index (χ0) is 20.9. The molecule has 0 bridgehead atoms. The van der Waals surface area contributed by atoms with Gasteiger partial charge in [0.2, 0.25) is 0 Å². The lowest BCUT2D eigenvalue weighted by Crippen LogP contribution is -2.20. The van der Waals surface area contributed by atoms with Gasteiger partial charge in [-0.05, 0) is 29.5 Å². The number of rotatable bonds is 7. The Morgan fingerprint density at radius 1 is 1.11 bits per heavy atom. The van der Waals surface area contributed by atoms with Crippen molar-refractivity contribution in [3.05, 3.63) is 41.6 Å². The first-order chi connectivity index (χ1) is 13.0. The van der Waals surface area contributed by atoms with Gasteiger partial charge in [-0.25, -0.2) is 4.98 Å². The van der Waals surface area contributed by atoms with Crippen LogP contribution in [0.3, 0.4) is 0 Å². The number of aromatic nitrogens is 2. The molecule has 1 heterocycles. The van der Waals surface area contributed by atoms with Gasteiger partial charge in [-0.15, -0.1) is 0 Å². The summed E-state index contributed by atoms with van der Waals surface area (Å²) >= 11 is 0. The van der Waals surface area contributed by atoms with E-state index in [2.05, 4.69) is 37.7 Å². The normalized spacial score (nSPS) is 12.1. The fourth-order valence-electron chi connectivity index (χ4n) is 2.70. The molecule has 0 fully saturated rings. The summed E-state index contributed by atoms with van der Waals surface area (Å²) in [5.41, 5.74) is 0.629. The van der Waals surface area contributed by atoms with Crippen LogP contribution >= 0.6 is 0 Å². The van der Waals surface area contributed by atoms with Crippen LogP contribution in [0.15, 0.2) is 30.5 Å². The van der Waals surface area contributed by atoms with Crippen molar-refractivity contribution in [3.63, 3.8) is 0 Å². The molecule has 1 aromatic carbocycles. The average Bonchev–Trinajstić information content (AvgIpc) is 2.63. The molecule has 0 unspecified atom stereocenters. The van der Waals surface area contributed by atoms with Crippen molar-refractivity contribution in [2.75, 3.05) is 18.6 Å². The Kier molecular flexibility index (Phi) is 6.91. The van der Waals surface area contributed by atoms with E-state index >= 15 is 0 Å². The molecule has 0 saturated heterocycles. The number of unbranched alkanes of at least 4 members (excludes halogenated alkanes) is 2. The topological polar surface area (TPSA) is 38.2 Å². The van der Waals surface area contributed by atoms with Crippen LogP contribution in [0.2, 0.25) is 0 Å². The third-order valence-corrected chi connectivity index (χ3v) is 4.45. The van der Waals surface area contributed by atoms with Crippen LogP contribution in [0, 0.1) is 0 Å². The van der Waals surface area contributed by atoms with Crippen LogP contribution in [-0.2, 0) is 11.6 Å². The van der Waals surface area contributed by atoms with Crippen molar-refractivity contribution in [1.29, 1.82) is 0 Å². The monoisotopic (exact) mass is 395 g/mol. The Bertz CT molecular complexity index is 785. The summed E-state index contributed by atoms with van der Waals surface area (Å²) in [6, 6.07) is 7.40.